The highest BCUT2D eigenvalue weighted by Gasteiger charge is 2.27. The number of nitrogens with zero attached hydrogens (tertiary/aromatic N) is 3. The summed E-state index contributed by atoms with van der Waals surface area (Å²) in [6.45, 7) is 3.15. The van der Waals surface area contributed by atoms with Gasteiger partial charge in [0.2, 0.25) is 5.91 Å². The smallest absolute Gasteiger partial charge is 0.271 e. The lowest BCUT2D eigenvalue weighted by atomic mass is 10.0. The molecular weight excluding hydrogens is 316 g/mol. The van der Waals surface area contributed by atoms with Crippen LogP contribution in [-0.2, 0) is 11.2 Å². The Hall–Kier alpha value is -1.98. The van der Waals surface area contributed by atoms with Gasteiger partial charge < -0.3 is 10.2 Å². The lowest BCUT2D eigenvalue weighted by molar-refractivity contribution is -0.127. The summed E-state index contributed by atoms with van der Waals surface area (Å²) >= 11 is 0. The zero-order valence-corrected chi connectivity index (χ0v) is 15.0. The molecule has 2 fully saturated rings. The molecule has 1 unspecified atom stereocenters. The minimum atomic E-state index is -0.101. The van der Waals surface area contributed by atoms with Crippen molar-refractivity contribution in [1.82, 2.24) is 20.2 Å². The first-order valence-corrected chi connectivity index (χ1v) is 9.49. The fraction of sp³-hybridized carbons (Fsp3) is 0.684. The summed E-state index contributed by atoms with van der Waals surface area (Å²) in [6.07, 6.45) is 11.9. The summed E-state index contributed by atoms with van der Waals surface area (Å²) in [7, 11) is 0. The highest BCUT2D eigenvalue weighted by molar-refractivity contribution is 5.93. The topological polar surface area (TPSA) is 75.2 Å². The summed E-state index contributed by atoms with van der Waals surface area (Å²) < 4.78 is 0. The number of nitrogens with one attached hydrogen (secondary N) is 1. The van der Waals surface area contributed by atoms with Crippen LogP contribution in [0.3, 0.4) is 0 Å². The molecule has 2 aliphatic rings. The lowest BCUT2D eigenvalue weighted by Crippen LogP contribution is -2.36. The SMILES string of the molecule is CC(=O)N1CCC(Cc2nccnc2C(=O)NC2CCCCCC2)C1. The van der Waals surface area contributed by atoms with Crippen LogP contribution in [0.1, 0.15) is 68.1 Å². The maximum atomic E-state index is 12.7. The van der Waals surface area contributed by atoms with Gasteiger partial charge in [0.15, 0.2) is 0 Å². The third kappa shape index (κ3) is 4.77. The second-order valence-corrected chi connectivity index (χ2v) is 7.34. The molecule has 1 N–H and O–H groups in total. The van der Waals surface area contributed by atoms with Crippen LogP contribution >= 0.6 is 0 Å². The van der Waals surface area contributed by atoms with Crippen LogP contribution in [0.4, 0.5) is 0 Å². The number of amides is 2. The molecule has 0 aromatic carbocycles. The summed E-state index contributed by atoms with van der Waals surface area (Å²) in [6, 6.07) is 0.254. The lowest BCUT2D eigenvalue weighted by Gasteiger charge is -2.18. The first-order chi connectivity index (χ1) is 12.1. The highest BCUT2D eigenvalue weighted by atomic mass is 16.2. The maximum Gasteiger partial charge on any atom is 0.271 e. The van der Waals surface area contributed by atoms with E-state index in [1.54, 1.807) is 19.3 Å². The van der Waals surface area contributed by atoms with Gasteiger partial charge in [-0.3, -0.25) is 14.6 Å². The molecule has 2 heterocycles. The molecule has 0 spiro atoms. The number of rotatable bonds is 4. The molecule has 25 heavy (non-hydrogen) atoms. The van der Waals surface area contributed by atoms with Gasteiger partial charge in [0.05, 0.1) is 5.69 Å². The maximum absolute atomic E-state index is 12.7. The fourth-order valence-corrected chi connectivity index (χ4v) is 3.94. The van der Waals surface area contributed by atoms with E-state index in [1.165, 1.54) is 25.7 Å². The molecular formula is C19H28N4O2. The van der Waals surface area contributed by atoms with Gasteiger partial charge in [-0.05, 0) is 31.6 Å². The van der Waals surface area contributed by atoms with E-state index in [0.29, 0.717) is 18.0 Å². The van der Waals surface area contributed by atoms with Gasteiger partial charge in [-0.1, -0.05) is 25.7 Å². The number of hydrogen-bond acceptors (Lipinski definition) is 4. The summed E-state index contributed by atoms with van der Waals surface area (Å²) in [5, 5.41) is 3.16. The van der Waals surface area contributed by atoms with Crippen LogP contribution in [0.15, 0.2) is 12.4 Å². The van der Waals surface area contributed by atoms with Gasteiger partial charge in [-0.15, -0.1) is 0 Å². The number of carbonyl (C=O) groups excluding carboxylic acids is 2. The average Bonchev–Trinajstić information content (AvgIpc) is 2.92. The van der Waals surface area contributed by atoms with Crippen LogP contribution in [0.25, 0.3) is 0 Å². The van der Waals surface area contributed by atoms with Crippen molar-refractivity contribution in [3.63, 3.8) is 0 Å². The first kappa shape index (κ1) is 17.8. The Kier molecular flexibility index (Phi) is 6.00. The quantitative estimate of drug-likeness (QED) is 0.851. The number of hydrogen-bond donors (Lipinski definition) is 1. The van der Waals surface area contributed by atoms with Crippen LogP contribution in [-0.4, -0.2) is 45.8 Å². The fourth-order valence-electron chi connectivity index (χ4n) is 3.94. The largest absolute Gasteiger partial charge is 0.348 e. The van der Waals surface area contributed by atoms with Crippen molar-refractivity contribution >= 4 is 11.8 Å². The Morgan fingerprint density at radius 3 is 2.52 bits per heavy atom. The van der Waals surface area contributed by atoms with E-state index in [0.717, 1.165) is 38.0 Å². The van der Waals surface area contributed by atoms with Crippen LogP contribution < -0.4 is 5.32 Å². The molecule has 6 heteroatoms. The predicted octanol–water partition coefficient (Wildman–Crippen LogP) is 2.34. The van der Waals surface area contributed by atoms with Gasteiger partial charge in [-0.2, -0.15) is 0 Å². The average molecular weight is 344 g/mol. The summed E-state index contributed by atoms with van der Waals surface area (Å²) in [5.74, 6) is 0.370. The molecule has 1 aromatic heterocycles. The van der Waals surface area contributed by atoms with E-state index >= 15 is 0 Å². The Morgan fingerprint density at radius 2 is 1.84 bits per heavy atom. The molecule has 1 atom stereocenters. The molecule has 1 saturated heterocycles. The third-order valence-electron chi connectivity index (χ3n) is 5.39. The van der Waals surface area contributed by atoms with Crippen molar-refractivity contribution in [2.24, 2.45) is 5.92 Å². The third-order valence-corrected chi connectivity index (χ3v) is 5.39. The number of likely N-dealkylation sites (tertiary alicyclic amines) is 1. The van der Waals surface area contributed by atoms with Crippen molar-refractivity contribution in [2.75, 3.05) is 13.1 Å². The van der Waals surface area contributed by atoms with Gasteiger partial charge in [0.25, 0.3) is 5.91 Å². The Bertz CT molecular complexity index is 611. The minimum absolute atomic E-state index is 0.101. The molecule has 1 aromatic rings. The van der Waals surface area contributed by atoms with E-state index < -0.39 is 0 Å². The van der Waals surface area contributed by atoms with Crippen molar-refractivity contribution in [2.45, 2.75) is 64.3 Å². The molecule has 136 valence electrons. The van der Waals surface area contributed by atoms with Gasteiger partial charge >= 0.3 is 0 Å². The number of carbonyl (C=O) groups is 2. The van der Waals surface area contributed by atoms with Crippen molar-refractivity contribution in [3.05, 3.63) is 23.8 Å². The molecule has 1 aliphatic carbocycles. The predicted molar refractivity (Wildman–Crippen MR) is 95.1 cm³/mol. The summed E-state index contributed by atoms with van der Waals surface area (Å²) in [4.78, 5) is 34.8. The van der Waals surface area contributed by atoms with Gasteiger partial charge in [0.1, 0.15) is 5.69 Å². The number of aromatic nitrogens is 2. The van der Waals surface area contributed by atoms with E-state index in [-0.39, 0.29) is 17.9 Å². The summed E-state index contributed by atoms with van der Waals surface area (Å²) in [5.41, 5.74) is 1.21. The molecule has 0 bridgehead atoms. The molecule has 6 nitrogen and oxygen atoms in total. The second-order valence-electron chi connectivity index (χ2n) is 7.34. The zero-order chi connectivity index (χ0) is 17.6. The molecule has 1 aliphatic heterocycles. The van der Waals surface area contributed by atoms with Crippen molar-refractivity contribution in [3.8, 4) is 0 Å². The van der Waals surface area contributed by atoms with Crippen LogP contribution in [0.2, 0.25) is 0 Å². The molecule has 2 amide bonds. The van der Waals surface area contributed by atoms with Crippen LogP contribution in [0, 0.1) is 5.92 Å². The van der Waals surface area contributed by atoms with Gasteiger partial charge in [-0.25, -0.2) is 4.98 Å². The van der Waals surface area contributed by atoms with E-state index in [2.05, 4.69) is 15.3 Å². The van der Waals surface area contributed by atoms with E-state index in [1.807, 2.05) is 4.90 Å². The van der Waals surface area contributed by atoms with Crippen molar-refractivity contribution in [1.29, 1.82) is 0 Å². The normalized spacial score (nSPS) is 21.8. The highest BCUT2D eigenvalue weighted by Crippen LogP contribution is 2.22. The van der Waals surface area contributed by atoms with Gasteiger partial charge in [0, 0.05) is 38.4 Å². The Labute approximate surface area is 149 Å². The molecule has 3 rings (SSSR count). The zero-order valence-electron chi connectivity index (χ0n) is 15.0. The van der Waals surface area contributed by atoms with E-state index in [9.17, 15) is 9.59 Å². The Balaban J connectivity index is 1.64. The minimum Gasteiger partial charge on any atom is -0.348 e. The van der Waals surface area contributed by atoms with Crippen LogP contribution in [0.5, 0.6) is 0 Å². The monoisotopic (exact) mass is 344 g/mol. The second kappa shape index (κ2) is 8.41. The molecule has 1 saturated carbocycles. The first-order valence-electron chi connectivity index (χ1n) is 9.49. The standard InChI is InChI=1S/C19H28N4O2/c1-14(24)23-11-8-15(13-23)12-17-18(21-10-9-20-17)19(25)22-16-6-4-2-3-5-7-16/h9-10,15-16H,2-8,11-13H2,1H3,(H,22,25). The van der Waals surface area contributed by atoms with E-state index in [4.69, 9.17) is 0 Å². The van der Waals surface area contributed by atoms with Crippen molar-refractivity contribution < 1.29 is 9.59 Å². The molecule has 0 radical (unpaired) electrons. The Morgan fingerprint density at radius 1 is 1.12 bits per heavy atom.